The molecule has 0 spiro atoms. The van der Waals surface area contributed by atoms with Crippen molar-refractivity contribution in [2.45, 2.75) is 192 Å². The van der Waals surface area contributed by atoms with Gasteiger partial charge in [-0.3, -0.25) is 9.59 Å². The summed E-state index contributed by atoms with van der Waals surface area (Å²) in [4.78, 5) is 25.1. The minimum atomic E-state index is -0.0723. The molecule has 1 rings (SSSR count). The maximum atomic E-state index is 12.7. The number of carbonyl (C=O) groups is 2. The summed E-state index contributed by atoms with van der Waals surface area (Å²) in [6.07, 6.45) is 39.8. The number of Topliss-reactive ketones (excluding diaryl/α,β-unsaturated/α-hetero) is 2. The van der Waals surface area contributed by atoms with E-state index in [4.69, 9.17) is 0 Å². The van der Waals surface area contributed by atoms with Crippen molar-refractivity contribution in [3.63, 3.8) is 0 Å². The monoisotopic (exact) mass is 828 g/mol. The first-order chi connectivity index (χ1) is 26.5. The first-order valence-corrected chi connectivity index (χ1v) is 22.3. The standard InChI is InChI=1S/C53H79BrO2/c1-39(2)21-13-22-40(3)23-14-24-41(4)25-15-26-42(5)27-16-28-43(6)29-17-30-44(7)31-18-32-45(8)33-19-34-46(9)35-20-36-47(10)37-38-50-51(54)53(56)49(12)48(11)52(50)55/h21,23,25,27,29,31,33,35,37H,13-20,22,24,26,28,30,32,34,36,38H2,1-12H3/b40-23+,41-25+,42-27+,43-29+,44-31+,45-33+,46-35+,47-37+/i53+1. The van der Waals surface area contributed by atoms with Crippen LogP contribution in [0.3, 0.4) is 0 Å². The Morgan fingerprint density at radius 3 is 0.875 bits per heavy atom. The van der Waals surface area contributed by atoms with E-state index in [0.29, 0.717) is 27.6 Å². The molecule has 0 radical (unpaired) electrons. The molecule has 0 heterocycles. The van der Waals surface area contributed by atoms with Crippen LogP contribution in [0.25, 0.3) is 0 Å². The second kappa shape index (κ2) is 29.2. The molecule has 3 heteroatoms. The quantitative estimate of drug-likeness (QED) is 0.0494. The molecule has 0 saturated heterocycles. The lowest BCUT2D eigenvalue weighted by Crippen LogP contribution is -2.19. The van der Waals surface area contributed by atoms with Gasteiger partial charge in [0.2, 0.25) is 0 Å². The van der Waals surface area contributed by atoms with Crippen molar-refractivity contribution in [2.24, 2.45) is 0 Å². The molecular weight excluding hydrogens is 749 g/mol. The van der Waals surface area contributed by atoms with Crippen LogP contribution in [0.1, 0.15) is 192 Å². The number of rotatable bonds is 26. The first kappa shape index (κ1) is 51.0. The molecule has 0 aliphatic heterocycles. The van der Waals surface area contributed by atoms with Crippen molar-refractivity contribution >= 4 is 27.5 Å². The smallest absolute Gasteiger partial charge is 0.196 e. The lowest BCUT2D eigenvalue weighted by Gasteiger charge is -2.16. The van der Waals surface area contributed by atoms with Crippen LogP contribution in [0.2, 0.25) is 0 Å². The van der Waals surface area contributed by atoms with Crippen molar-refractivity contribution in [1.29, 1.82) is 0 Å². The Morgan fingerprint density at radius 1 is 0.375 bits per heavy atom. The third kappa shape index (κ3) is 23.3. The first-order valence-electron chi connectivity index (χ1n) is 21.6. The average molecular weight is 829 g/mol. The summed E-state index contributed by atoms with van der Waals surface area (Å²) < 4.78 is 0.420. The fraction of sp³-hybridized carbons (Fsp3) is 0.547. The largest absolute Gasteiger partial charge is 0.289 e. The number of hydrogen-bond donors (Lipinski definition) is 0. The molecular formula is C53H79BrO2. The lowest BCUT2D eigenvalue weighted by atomic mass is 9.95. The van der Waals surface area contributed by atoms with Gasteiger partial charge in [-0.15, -0.1) is 0 Å². The highest BCUT2D eigenvalue weighted by atomic mass is 79.9. The van der Waals surface area contributed by atoms with E-state index >= 15 is 0 Å². The Balaban J connectivity index is 2.29. The molecule has 0 aromatic rings. The van der Waals surface area contributed by atoms with Gasteiger partial charge in [0.25, 0.3) is 0 Å². The number of ketones is 2. The fourth-order valence-corrected chi connectivity index (χ4v) is 7.29. The predicted octanol–water partition coefficient (Wildman–Crippen LogP) is 17.3. The van der Waals surface area contributed by atoms with Crippen molar-refractivity contribution in [3.05, 3.63) is 126 Å². The zero-order chi connectivity index (χ0) is 42.0. The van der Waals surface area contributed by atoms with Gasteiger partial charge in [0.1, 0.15) is 0 Å². The summed E-state index contributed by atoms with van der Waals surface area (Å²) >= 11 is 3.37. The zero-order valence-electron chi connectivity index (χ0n) is 37.9. The van der Waals surface area contributed by atoms with Gasteiger partial charge in [0, 0.05) is 16.7 Å². The van der Waals surface area contributed by atoms with Crippen molar-refractivity contribution in [1.82, 2.24) is 0 Å². The molecule has 56 heavy (non-hydrogen) atoms. The van der Waals surface area contributed by atoms with Crippen LogP contribution in [-0.4, -0.2) is 11.6 Å². The molecule has 310 valence electrons. The Hall–Kier alpha value is -3.04. The van der Waals surface area contributed by atoms with E-state index in [1.54, 1.807) is 13.8 Å². The summed E-state index contributed by atoms with van der Waals surface area (Å²) in [7, 11) is 0. The minimum absolute atomic E-state index is 0.0213. The van der Waals surface area contributed by atoms with Crippen LogP contribution in [0, 0.1) is 0 Å². The van der Waals surface area contributed by atoms with Crippen LogP contribution in [0.15, 0.2) is 126 Å². The Bertz CT molecular complexity index is 1650. The van der Waals surface area contributed by atoms with E-state index in [0.717, 1.165) is 83.5 Å². The van der Waals surface area contributed by atoms with Gasteiger partial charge in [-0.2, -0.15) is 0 Å². The van der Waals surface area contributed by atoms with Crippen LogP contribution >= 0.6 is 15.9 Å². The number of halogens is 1. The molecule has 0 unspecified atom stereocenters. The number of hydrogen-bond acceptors (Lipinski definition) is 2. The molecule has 2 nitrogen and oxygen atoms in total. The average Bonchev–Trinajstić information content (AvgIpc) is 3.13. The third-order valence-corrected chi connectivity index (χ3v) is 11.8. The van der Waals surface area contributed by atoms with Crippen LogP contribution in [0.5, 0.6) is 0 Å². The van der Waals surface area contributed by atoms with E-state index in [1.807, 2.05) is 0 Å². The molecule has 0 fully saturated rings. The van der Waals surface area contributed by atoms with Gasteiger partial charge in [-0.05, 0) is 208 Å². The molecule has 0 bridgehead atoms. The highest BCUT2D eigenvalue weighted by Crippen LogP contribution is 2.30. The summed E-state index contributed by atoms with van der Waals surface area (Å²) in [5.41, 5.74) is 14.8. The molecule has 0 amide bonds. The molecule has 1 aliphatic rings. The Morgan fingerprint density at radius 2 is 0.607 bits per heavy atom. The van der Waals surface area contributed by atoms with E-state index < -0.39 is 0 Å². The van der Waals surface area contributed by atoms with E-state index in [1.165, 1.54) is 69.4 Å². The zero-order valence-corrected chi connectivity index (χ0v) is 39.5. The maximum absolute atomic E-state index is 12.7. The molecule has 0 atom stereocenters. The van der Waals surface area contributed by atoms with E-state index in [-0.39, 0.29) is 11.6 Å². The topological polar surface area (TPSA) is 34.1 Å². The van der Waals surface area contributed by atoms with Gasteiger partial charge in [-0.1, -0.05) is 105 Å². The molecule has 0 N–H and O–H groups in total. The van der Waals surface area contributed by atoms with Gasteiger partial charge >= 0.3 is 0 Å². The fourth-order valence-electron chi connectivity index (χ4n) is 6.66. The van der Waals surface area contributed by atoms with E-state index in [9.17, 15) is 9.59 Å². The highest BCUT2D eigenvalue weighted by Gasteiger charge is 2.28. The predicted molar refractivity (Wildman–Crippen MR) is 252 cm³/mol. The SMILES string of the molecule is CC(C)=CCC/C(C)=C/CC/C(C)=C/CC/C(C)=C/CC/C(C)=C/CC/C(C)=C/CC/C(C)=C/CC/C(C)=C/CC/C(C)=C/CC1=C(Br)[13C](=O)C(C)=C(C)C1=O. The summed E-state index contributed by atoms with van der Waals surface area (Å²) in [5.74, 6) is -0.0936. The van der Waals surface area contributed by atoms with Gasteiger partial charge in [-0.25, -0.2) is 0 Å². The van der Waals surface area contributed by atoms with Gasteiger partial charge in [0.05, 0.1) is 4.48 Å². The lowest BCUT2D eigenvalue weighted by molar-refractivity contribution is -0.116. The molecule has 0 saturated carbocycles. The van der Waals surface area contributed by atoms with Crippen LogP contribution < -0.4 is 0 Å². The highest BCUT2D eigenvalue weighted by molar-refractivity contribution is 9.12. The summed E-state index contributed by atoms with van der Waals surface area (Å²) in [6.45, 7) is 25.9. The third-order valence-electron chi connectivity index (χ3n) is 10.9. The summed E-state index contributed by atoms with van der Waals surface area (Å²) in [6, 6.07) is 0. The molecule has 1 aliphatic carbocycles. The number of carbonyl (C=O) groups excluding carboxylic acids is 2. The Kier molecular flexibility index (Phi) is 26.6. The second-order valence-electron chi connectivity index (χ2n) is 16.9. The van der Waals surface area contributed by atoms with Crippen molar-refractivity contribution in [3.8, 4) is 0 Å². The summed E-state index contributed by atoms with van der Waals surface area (Å²) in [5, 5.41) is 0. The number of allylic oxidation sites excluding steroid dienone is 22. The van der Waals surface area contributed by atoms with Crippen LogP contribution in [0.4, 0.5) is 0 Å². The Labute approximate surface area is 353 Å². The van der Waals surface area contributed by atoms with Gasteiger partial charge in [0.15, 0.2) is 11.6 Å². The van der Waals surface area contributed by atoms with Crippen molar-refractivity contribution in [2.75, 3.05) is 0 Å². The molecule has 0 aromatic heterocycles. The maximum Gasteiger partial charge on any atom is 0.196 e. The second-order valence-corrected chi connectivity index (χ2v) is 17.7. The van der Waals surface area contributed by atoms with Crippen LogP contribution in [-0.2, 0) is 9.59 Å². The molecule has 0 aromatic carbocycles. The minimum Gasteiger partial charge on any atom is -0.289 e. The van der Waals surface area contributed by atoms with Gasteiger partial charge < -0.3 is 0 Å². The normalized spacial score (nSPS) is 16.2. The van der Waals surface area contributed by atoms with Crippen molar-refractivity contribution < 1.29 is 9.59 Å². The van der Waals surface area contributed by atoms with E-state index in [2.05, 4.69) is 140 Å².